The van der Waals surface area contributed by atoms with E-state index in [1.54, 1.807) is 0 Å². The molecule has 0 fully saturated rings. The normalized spacial score (nSPS) is 13.8. The molecule has 28 heavy (non-hydrogen) atoms. The summed E-state index contributed by atoms with van der Waals surface area (Å²) < 4.78 is 0. The van der Waals surface area contributed by atoms with Crippen molar-refractivity contribution in [2.24, 2.45) is 0 Å². The molecular weight excluding hydrogens is 336 g/mol. The summed E-state index contributed by atoms with van der Waals surface area (Å²) in [7, 11) is 0. The maximum Gasteiger partial charge on any atom is 0.0716 e. The highest BCUT2D eigenvalue weighted by Gasteiger charge is 2.46. The van der Waals surface area contributed by atoms with Crippen LogP contribution in [0, 0.1) is 20.8 Å². The monoisotopic (exact) mass is 360 g/mol. The zero-order chi connectivity index (χ0) is 19.3. The summed E-state index contributed by atoms with van der Waals surface area (Å²) >= 11 is 0. The van der Waals surface area contributed by atoms with Gasteiger partial charge in [0.25, 0.3) is 0 Å². The van der Waals surface area contributed by atoms with Gasteiger partial charge in [-0.1, -0.05) is 102 Å². The molecule has 0 unspecified atom stereocenters. The summed E-state index contributed by atoms with van der Waals surface area (Å²) in [4.78, 5) is 0. The van der Waals surface area contributed by atoms with E-state index in [4.69, 9.17) is 0 Å². The summed E-state index contributed by atoms with van der Waals surface area (Å²) in [6.45, 7) is 6.57. The molecule has 0 bridgehead atoms. The average molecular weight is 361 g/mol. The molecule has 0 N–H and O–H groups in total. The van der Waals surface area contributed by atoms with E-state index in [9.17, 15) is 0 Å². The average Bonchev–Trinajstić information content (AvgIpc) is 3.02. The minimum Gasteiger partial charge on any atom is -0.0619 e. The minimum atomic E-state index is -0.279. The SMILES string of the molecule is Cc1ccc(C2(c3ccc(C)cc3)c3ccccc3-c3cccc(C)c32)cc1. The molecule has 0 saturated carbocycles. The molecule has 0 heterocycles. The van der Waals surface area contributed by atoms with Gasteiger partial charge in [0, 0.05) is 0 Å². The smallest absolute Gasteiger partial charge is 0.0619 e. The standard InChI is InChI=1S/C28H24/c1-19-11-15-22(16-12-19)28(23-17-13-20(2)14-18-23)26-10-5-4-8-24(26)25-9-6-7-21(3)27(25)28/h4-18H,1-3H3. The van der Waals surface area contributed by atoms with Crippen LogP contribution in [0.2, 0.25) is 0 Å². The second kappa shape index (κ2) is 6.21. The first-order chi connectivity index (χ1) is 13.6. The van der Waals surface area contributed by atoms with E-state index < -0.39 is 0 Å². The van der Waals surface area contributed by atoms with Crippen LogP contribution in [-0.2, 0) is 5.41 Å². The molecule has 4 aromatic rings. The molecule has 0 nitrogen and oxygen atoms in total. The zero-order valence-corrected chi connectivity index (χ0v) is 16.7. The van der Waals surface area contributed by atoms with Gasteiger partial charge < -0.3 is 0 Å². The summed E-state index contributed by atoms with van der Waals surface area (Å²) in [6.07, 6.45) is 0. The van der Waals surface area contributed by atoms with Crippen LogP contribution in [0.1, 0.15) is 38.9 Å². The molecule has 0 aliphatic heterocycles. The largest absolute Gasteiger partial charge is 0.0716 e. The van der Waals surface area contributed by atoms with Crippen molar-refractivity contribution in [1.29, 1.82) is 0 Å². The van der Waals surface area contributed by atoms with Crippen LogP contribution in [0.15, 0.2) is 91.0 Å². The number of benzene rings is 4. The third kappa shape index (κ3) is 2.24. The third-order valence-electron chi connectivity index (χ3n) is 6.24. The number of rotatable bonds is 2. The third-order valence-corrected chi connectivity index (χ3v) is 6.24. The Morgan fingerprint density at radius 2 is 1.04 bits per heavy atom. The van der Waals surface area contributed by atoms with Crippen molar-refractivity contribution >= 4 is 0 Å². The van der Waals surface area contributed by atoms with Gasteiger partial charge in [-0.25, -0.2) is 0 Å². The highest BCUT2D eigenvalue weighted by molar-refractivity contribution is 5.87. The first kappa shape index (κ1) is 17.0. The van der Waals surface area contributed by atoms with Crippen molar-refractivity contribution in [3.05, 3.63) is 130 Å². The first-order valence-electron chi connectivity index (χ1n) is 9.96. The Bertz CT molecular complexity index is 1120. The number of fused-ring (bicyclic) bond motifs is 3. The zero-order valence-electron chi connectivity index (χ0n) is 16.7. The van der Waals surface area contributed by atoms with E-state index in [1.165, 1.54) is 50.1 Å². The molecule has 0 atom stereocenters. The Kier molecular flexibility index (Phi) is 3.77. The van der Waals surface area contributed by atoms with Gasteiger partial charge >= 0.3 is 0 Å². The molecule has 0 radical (unpaired) electrons. The Morgan fingerprint density at radius 3 is 1.64 bits per heavy atom. The molecular formula is C28H24. The summed E-state index contributed by atoms with van der Waals surface area (Å²) in [6, 6.07) is 33.9. The van der Waals surface area contributed by atoms with E-state index in [1.807, 2.05) is 0 Å². The second-order valence-electron chi connectivity index (χ2n) is 8.03. The van der Waals surface area contributed by atoms with Crippen molar-refractivity contribution in [2.45, 2.75) is 26.2 Å². The van der Waals surface area contributed by atoms with Crippen LogP contribution in [0.5, 0.6) is 0 Å². The summed E-state index contributed by atoms with van der Waals surface area (Å²) in [5, 5.41) is 0. The molecule has 5 rings (SSSR count). The van der Waals surface area contributed by atoms with Crippen LogP contribution in [0.4, 0.5) is 0 Å². The van der Waals surface area contributed by atoms with Crippen molar-refractivity contribution < 1.29 is 0 Å². The Balaban J connectivity index is 1.98. The van der Waals surface area contributed by atoms with Crippen molar-refractivity contribution in [2.75, 3.05) is 0 Å². The highest BCUT2D eigenvalue weighted by Crippen LogP contribution is 2.56. The van der Waals surface area contributed by atoms with Gasteiger partial charge in [0.1, 0.15) is 0 Å². The molecule has 0 aromatic heterocycles. The van der Waals surface area contributed by atoms with E-state index in [0.29, 0.717) is 0 Å². The molecule has 0 saturated heterocycles. The van der Waals surface area contributed by atoms with Crippen molar-refractivity contribution in [3.8, 4) is 11.1 Å². The van der Waals surface area contributed by atoms with Crippen molar-refractivity contribution in [3.63, 3.8) is 0 Å². The highest BCUT2D eigenvalue weighted by atomic mass is 14.5. The minimum absolute atomic E-state index is 0.279. The fraction of sp³-hybridized carbons (Fsp3) is 0.143. The van der Waals surface area contributed by atoms with E-state index >= 15 is 0 Å². The van der Waals surface area contributed by atoms with Crippen molar-refractivity contribution in [1.82, 2.24) is 0 Å². The molecule has 136 valence electrons. The van der Waals surface area contributed by atoms with E-state index in [2.05, 4.69) is 112 Å². The molecule has 1 aliphatic carbocycles. The van der Waals surface area contributed by atoms with Gasteiger partial charge in [0.15, 0.2) is 0 Å². The van der Waals surface area contributed by atoms with Gasteiger partial charge in [-0.3, -0.25) is 0 Å². The lowest BCUT2D eigenvalue weighted by Crippen LogP contribution is -2.29. The maximum atomic E-state index is 2.31. The molecule has 0 spiro atoms. The lowest BCUT2D eigenvalue weighted by Gasteiger charge is -2.35. The molecule has 4 aromatic carbocycles. The van der Waals surface area contributed by atoms with Crippen LogP contribution >= 0.6 is 0 Å². The van der Waals surface area contributed by atoms with Gasteiger partial charge in [-0.05, 0) is 59.7 Å². The van der Waals surface area contributed by atoms with Gasteiger partial charge in [-0.15, -0.1) is 0 Å². The fourth-order valence-electron chi connectivity index (χ4n) is 4.94. The van der Waals surface area contributed by atoms with E-state index in [0.717, 1.165) is 0 Å². The lowest BCUT2D eigenvalue weighted by atomic mass is 9.66. The van der Waals surface area contributed by atoms with Crippen LogP contribution in [0.25, 0.3) is 11.1 Å². The molecule has 0 amide bonds. The Labute approximate surface area is 167 Å². The van der Waals surface area contributed by atoms with Crippen LogP contribution < -0.4 is 0 Å². The Morgan fingerprint density at radius 1 is 0.500 bits per heavy atom. The number of aryl methyl sites for hydroxylation is 3. The predicted octanol–water partition coefficient (Wildman–Crippen LogP) is 6.97. The van der Waals surface area contributed by atoms with Gasteiger partial charge in [0.05, 0.1) is 5.41 Å². The van der Waals surface area contributed by atoms with Gasteiger partial charge in [0.2, 0.25) is 0 Å². The molecule has 0 heteroatoms. The maximum absolute atomic E-state index is 2.31. The predicted molar refractivity (Wildman–Crippen MR) is 118 cm³/mol. The second-order valence-corrected chi connectivity index (χ2v) is 8.03. The fourth-order valence-corrected chi connectivity index (χ4v) is 4.94. The quantitative estimate of drug-likeness (QED) is 0.319. The Hall–Kier alpha value is -3.12. The summed E-state index contributed by atoms with van der Waals surface area (Å²) in [5.74, 6) is 0. The number of hydrogen-bond acceptors (Lipinski definition) is 0. The first-order valence-corrected chi connectivity index (χ1v) is 9.96. The van der Waals surface area contributed by atoms with Crippen LogP contribution in [-0.4, -0.2) is 0 Å². The lowest BCUT2D eigenvalue weighted by molar-refractivity contribution is 0.761. The number of hydrogen-bond donors (Lipinski definition) is 0. The molecule has 1 aliphatic rings. The topological polar surface area (TPSA) is 0 Å². The van der Waals surface area contributed by atoms with Crippen LogP contribution in [0.3, 0.4) is 0 Å². The summed E-state index contributed by atoms with van der Waals surface area (Å²) in [5.41, 5.74) is 11.8. The van der Waals surface area contributed by atoms with E-state index in [-0.39, 0.29) is 5.41 Å². The van der Waals surface area contributed by atoms with Gasteiger partial charge in [-0.2, -0.15) is 0 Å².